The van der Waals surface area contributed by atoms with E-state index in [9.17, 15) is 21.6 Å². The van der Waals surface area contributed by atoms with Crippen molar-refractivity contribution in [2.45, 2.75) is 11.2 Å². The van der Waals surface area contributed by atoms with E-state index < -0.39 is 37.0 Å². The number of nitrogens with zero attached hydrogens (tertiary/aromatic N) is 1. The van der Waals surface area contributed by atoms with Gasteiger partial charge in [0.2, 0.25) is 5.75 Å². The van der Waals surface area contributed by atoms with Gasteiger partial charge in [0.05, 0.1) is 40.4 Å². The second-order valence-corrected chi connectivity index (χ2v) is 9.40. The number of ether oxygens (including phenoxy) is 5. The molecular weight excluding hydrogens is 527 g/mol. The van der Waals surface area contributed by atoms with Crippen molar-refractivity contribution in [3.8, 4) is 28.7 Å². The molecule has 0 saturated carbocycles. The lowest BCUT2D eigenvalue weighted by molar-refractivity contribution is -0.115. The average Bonchev–Trinajstić information content (AvgIpc) is 2.90. The van der Waals surface area contributed by atoms with Gasteiger partial charge in [-0.15, -0.1) is 13.2 Å². The van der Waals surface area contributed by atoms with Crippen LogP contribution in [0.15, 0.2) is 59.5 Å². The molecule has 0 aliphatic carbocycles. The van der Waals surface area contributed by atoms with Gasteiger partial charge >= 0.3 is 6.30 Å². The second kappa shape index (κ2) is 11.5. The molecule has 0 saturated heterocycles. The zero-order valence-corrected chi connectivity index (χ0v) is 22.0. The van der Waals surface area contributed by atoms with Gasteiger partial charge in [0.15, 0.2) is 23.0 Å². The van der Waals surface area contributed by atoms with Crippen molar-refractivity contribution in [2.24, 2.45) is 0 Å². The maximum absolute atomic E-state index is 14.4. The Morgan fingerprint density at radius 1 is 0.684 bits per heavy atom. The third-order valence-electron chi connectivity index (χ3n) is 5.37. The van der Waals surface area contributed by atoms with Crippen LogP contribution in [0.4, 0.5) is 18.9 Å². The molecule has 0 fully saturated rings. The molecule has 0 spiro atoms. The van der Waals surface area contributed by atoms with Crippen molar-refractivity contribution >= 4 is 27.9 Å². The Hall–Kier alpha value is -4.06. The molecule has 38 heavy (non-hydrogen) atoms. The molecule has 0 aromatic heterocycles. The van der Waals surface area contributed by atoms with Gasteiger partial charge < -0.3 is 23.7 Å². The minimum atomic E-state index is -5.33. The second-order valence-electron chi connectivity index (χ2n) is 7.62. The first-order valence-electron chi connectivity index (χ1n) is 10.9. The fraction of sp³-hybridized carbons (Fsp3) is 0.231. The summed E-state index contributed by atoms with van der Waals surface area (Å²) >= 11 is 0. The topological polar surface area (TPSA) is 83.5 Å². The first-order valence-corrected chi connectivity index (χ1v) is 12.4. The molecule has 0 atom stereocenters. The maximum Gasteiger partial charge on any atom is 0.498 e. The zero-order chi connectivity index (χ0) is 28.1. The molecule has 0 unspecified atom stereocenters. The number of methoxy groups -OCH3 is 5. The highest BCUT2D eigenvalue weighted by Gasteiger charge is 2.48. The quantitative estimate of drug-likeness (QED) is 0.238. The minimum absolute atomic E-state index is 0.105. The molecule has 3 aromatic carbocycles. The van der Waals surface area contributed by atoms with Crippen molar-refractivity contribution in [3.63, 3.8) is 0 Å². The molecule has 3 rings (SSSR count). The minimum Gasteiger partial charge on any atom is -0.493 e. The van der Waals surface area contributed by atoms with Crippen molar-refractivity contribution in [1.29, 1.82) is 0 Å². The van der Waals surface area contributed by atoms with E-state index in [1.165, 1.54) is 58.8 Å². The van der Waals surface area contributed by atoms with Gasteiger partial charge in [-0.2, -0.15) is 4.31 Å². The van der Waals surface area contributed by atoms with Crippen LogP contribution in [0.3, 0.4) is 0 Å². The molecule has 12 heteroatoms. The molecule has 0 N–H and O–H groups in total. The molecule has 0 aliphatic heterocycles. The third kappa shape index (κ3) is 5.75. The summed E-state index contributed by atoms with van der Waals surface area (Å²) in [5, 5.41) is 0. The van der Waals surface area contributed by atoms with Gasteiger partial charge in [0.1, 0.15) is 5.69 Å². The molecular formula is C26H26F3NO7S. The average molecular weight is 554 g/mol. The van der Waals surface area contributed by atoms with Crippen LogP contribution in [-0.4, -0.2) is 50.3 Å². The summed E-state index contributed by atoms with van der Waals surface area (Å²) in [5.74, 6) is 0.599. The molecule has 204 valence electrons. The number of anilines is 1. The maximum atomic E-state index is 14.4. The van der Waals surface area contributed by atoms with Crippen molar-refractivity contribution in [3.05, 3.63) is 65.7 Å². The third-order valence-corrected chi connectivity index (χ3v) is 7.12. The van der Waals surface area contributed by atoms with Gasteiger partial charge in [-0.3, -0.25) is 0 Å². The Bertz CT molecular complexity index is 1380. The standard InChI is InChI=1S/C26H26F3NO7S/c1-33-21-14-17(11-12-18-15-22(34-2)25(37-5)23(16-18)35-3)13-20(24(21)36-4)30(26(27,28)29)38(31,32)19-9-7-6-8-10-19/h6-16H,1-5H3/b12-11+. The van der Waals surface area contributed by atoms with Crippen LogP contribution in [0.5, 0.6) is 28.7 Å². The highest BCUT2D eigenvalue weighted by Crippen LogP contribution is 2.46. The highest BCUT2D eigenvalue weighted by molar-refractivity contribution is 7.92. The Morgan fingerprint density at radius 3 is 1.55 bits per heavy atom. The summed E-state index contributed by atoms with van der Waals surface area (Å²) in [5.41, 5.74) is -0.00271. The van der Waals surface area contributed by atoms with Gasteiger partial charge in [-0.1, -0.05) is 30.4 Å². The molecule has 0 aliphatic rings. The number of hydrogen-bond acceptors (Lipinski definition) is 7. The van der Waals surface area contributed by atoms with Crippen LogP contribution in [0.2, 0.25) is 0 Å². The lowest BCUT2D eigenvalue weighted by atomic mass is 10.1. The van der Waals surface area contributed by atoms with E-state index in [0.29, 0.717) is 22.8 Å². The SMILES string of the molecule is COc1cc(/C=C/c2cc(OC)c(OC)c(N(C(F)(F)F)S(=O)(=O)c3ccccc3)c2)cc(OC)c1OC. The Kier molecular flexibility index (Phi) is 8.67. The molecule has 0 bridgehead atoms. The van der Waals surface area contributed by atoms with Crippen LogP contribution < -0.4 is 28.0 Å². The fourth-order valence-corrected chi connectivity index (χ4v) is 5.08. The van der Waals surface area contributed by atoms with Gasteiger partial charge in [-0.25, -0.2) is 8.42 Å². The van der Waals surface area contributed by atoms with Crippen LogP contribution in [0, 0.1) is 0 Å². The van der Waals surface area contributed by atoms with E-state index in [-0.39, 0.29) is 11.3 Å². The molecule has 0 amide bonds. The van der Waals surface area contributed by atoms with Crippen molar-refractivity contribution in [1.82, 2.24) is 0 Å². The normalized spacial score (nSPS) is 11.8. The number of alkyl halides is 3. The Labute approximate surface area is 218 Å². The Balaban J connectivity index is 2.21. The number of hydrogen-bond donors (Lipinski definition) is 0. The number of benzene rings is 3. The van der Waals surface area contributed by atoms with Crippen LogP contribution in [0.1, 0.15) is 11.1 Å². The van der Waals surface area contributed by atoms with Crippen LogP contribution in [-0.2, 0) is 10.0 Å². The van der Waals surface area contributed by atoms with E-state index >= 15 is 0 Å². The van der Waals surface area contributed by atoms with E-state index in [1.54, 1.807) is 18.2 Å². The van der Waals surface area contributed by atoms with Gasteiger partial charge in [0, 0.05) is 0 Å². The number of halogens is 3. The smallest absolute Gasteiger partial charge is 0.493 e. The number of sulfonamides is 1. The number of rotatable bonds is 10. The van der Waals surface area contributed by atoms with Gasteiger partial charge in [-0.05, 0) is 47.5 Å². The molecule has 8 nitrogen and oxygen atoms in total. The summed E-state index contributed by atoms with van der Waals surface area (Å²) in [6, 6.07) is 12.0. The lowest BCUT2D eigenvalue weighted by Crippen LogP contribution is -2.43. The van der Waals surface area contributed by atoms with E-state index in [2.05, 4.69) is 0 Å². The molecule has 0 heterocycles. The summed E-state index contributed by atoms with van der Waals surface area (Å²) in [7, 11) is 1.63. The van der Waals surface area contributed by atoms with Crippen LogP contribution >= 0.6 is 0 Å². The first-order chi connectivity index (χ1) is 18.0. The van der Waals surface area contributed by atoms with E-state index in [4.69, 9.17) is 23.7 Å². The fourth-order valence-electron chi connectivity index (χ4n) is 3.70. The first kappa shape index (κ1) is 28.5. The van der Waals surface area contributed by atoms with Crippen LogP contribution in [0.25, 0.3) is 12.2 Å². The predicted molar refractivity (Wildman–Crippen MR) is 137 cm³/mol. The van der Waals surface area contributed by atoms with Gasteiger partial charge in [0.25, 0.3) is 10.0 Å². The zero-order valence-electron chi connectivity index (χ0n) is 21.2. The van der Waals surface area contributed by atoms with Crippen molar-refractivity contribution < 1.29 is 45.3 Å². The summed E-state index contributed by atoms with van der Waals surface area (Å²) in [6.07, 6.45) is -2.26. The summed E-state index contributed by atoms with van der Waals surface area (Å²) in [6.45, 7) is 0. The monoisotopic (exact) mass is 553 g/mol. The summed E-state index contributed by atoms with van der Waals surface area (Å²) in [4.78, 5) is -0.545. The largest absolute Gasteiger partial charge is 0.498 e. The van der Waals surface area contributed by atoms with E-state index in [0.717, 1.165) is 25.3 Å². The lowest BCUT2D eigenvalue weighted by Gasteiger charge is -2.28. The van der Waals surface area contributed by atoms with Crippen molar-refractivity contribution in [2.75, 3.05) is 39.9 Å². The van der Waals surface area contributed by atoms with E-state index in [1.807, 2.05) is 0 Å². The highest BCUT2D eigenvalue weighted by atomic mass is 32.2. The predicted octanol–water partition coefficient (Wildman–Crippen LogP) is 5.62. The Morgan fingerprint density at radius 2 is 1.13 bits per heavy atom. The summed E-state index contributed by atoms with van der Waals surface area (Å²) < 4.78 is 95.2. The molecule has 3 aromatic rings. The molecule has 0 radical (unpaired) electrons.